The Labute approximate surface area is 219 Å². The van der Waals surface area contributed by atoms with Gasteiger partial charge in [-0.25, -0.2) is 4.79 Å². The summed E-state index contributed by atoms with van der Waals surface area (Å²) in [7, 11) is -0.622. The van der Waals surface area contributed by atoms with Gasteiger partial charge >= 0.3 is 6.09 Å². The number of fused-ring (bicyclic) bond motifs is 4. The number of anilines is 1. The Balaban J connectivity index is 1.16. The van der Waals surface area contributed by atoms with Crippen LogP contribution in [-0.4, -0.2) is 16.3 Å². The third kappa shape index (κ3) is 3.70. The molecule has 0 bridgehead atoms. The van der Waals surface area contributed by atoms with Gasteiger partial charge in [-0.05, 0) is 55.4 Å². The molecule has 2 aromatic carbocycles. The average Bonchev–Trinajstić information content (AvgIpc) is 3.56. The number of amides is 1. The number of carbonyl (C=O) groups excluding carboxylic acids is 1. The number of carbonyl (C=O) groups is 1. The van der Waals surface area contributed by atoms with E-state index < -0.39 is 23.0 Å². The summed E-state index contributed by atoms with van der Waals surface area (Å²) in [5, 5.41) is 14.5. The minimum absolute atomic E-state index is 0.113. The van der Waals surface area contributed by atoms with Gasteiger partial charge in [0.05, 0.1) is 25.9 Å². The van der Waals surface area contributed by atoms with Gasteiger partial charge in [0.15, 0.2) is 5.75 Å². The SMILES string of the molecule is CC(OC(=O)Nc1c(C#Cc2cc3c(s2)C=C2S(=C(O)C24CC4)O3)oc2ccccc12)c1ccccc1. The molecule has 1 fully saturated rings. The molecule has 8 heteroatoms. The van der Waals surface area contributed by atoms with Crippen LogP contribution in [0.4, 0.5) is 10.5 Å². The summed E-state index contributed by atoms with van der Waals surface area (Å²) in [6, 6.07) is 18.9. The van der Waals surface area contributed by atoms with Crippen LogP contribution < -0.4 is 9.50 Å². The lowest BCUT2D eigenvalue weighted by Gasteiger charge is -2.35. The summed E-state index contributed by atoms with van der Waals surface area (Å²) in [6.45, 7) is 1.83. The number of hydrogen-bond acceptors (Lipinski definition) is 5. The van der Waals surface area contributed by atoms with Crippen molar-refractivity contribution in [3.63, 3.8) is 0 Å². The molecule has 0 saturated heterocycles. The molecule has 0 radical (unpaired) electrons. The average molecular weight is 528 g/mol. The Bertz CT molecular complexity index is 1710. The van der Waals surface area contributed by atoms with E-state index in [1.165, 1.54) is 4.91 Å². The molecular formula is C29H21NO5S2. The van der Waals surface area contributed by atoms with Gasteiger partial charge in [-0.3, -0.25) is 5.32 Å². The number of rotatable bonds is 3. The van der Waals surface area contributed by atoms with Crippen LogP contribution in [0.3, 0.4) is 0 Å². The van der Waals surface area contributed by atoms with Gasteiger partial charge in [0, 0.05) is 16.4 Å². The van der Waals surface area contributed by atoms with Crippen LogP contribution in [0.1, 0.15) is 46.9 Å². The fraction of sp³-hybridized carbons (Fsp3) is 0.172. The van der Waals surface area contributed by atoms with E-state index in [1.807, 2.05) is 67.6 Å². The lowest BCUT2D eigenvalue weighted by Crippen LogP contribution is -2.30. The van der Waals surface area contributed by atoms with Gasteiger partial charge in [0.2, 0.25) is 5.76 Å². The van der Waals surface area contributed by atoms with Crippen molar-refractivity contribution in [2.24, 2.45) is 5.41 Å². The van der Waals surface area contributed by atoms with Crippen LogP contribution >= 0.6 is 22.1 Å². The topological polar surface area (TPSA) is 80.9 Å². The molecule has 184 valence electrons. The van der Waals surface area contributed by atoms with Crippen LogP contribution in [0.2, 0.25) is 0 Å². The number of aliphatic hydroxyl groups excluding tert-OH is 1. The van der Waals surface area contributed by atoms with Gasteiger partial charge in [-0.15, -0.1) is 11.3 Å². The van der Waals surface area contributed by atoms with Crippen LogP contribution in [0.5, 0.6) is 5.75 Å². The highest BCUT2D eigenvalue weighted by Gasteiger charge is 2.60. The van der Waals surface area contributed by atoms with E-state index in [9.17, 15) is 9.90 Å². The maximum atomic E-state index is 12.8. The van der Waals surface area contributed by atoms with Crippen LogP contribution in [-0.2, 0) is 4.74 Å². The molecular weight excluding hydrogens is 506 g/mol. The van der Waals surface area contributed by atoms with Crippen molar-refractivity contribution in [1.29, 1.82) is 0 Å². The Morgan fingerprint density at radius 2 is 1.95 bits per heavy atom. The predicted molar refractivity (Wildman–Crippen MR) is 147 cm³/mol. The first-order chi connectivity index (χ1) is 18.0. The Morgan fingerprint density at radius 3 is 2.76 bits per heavy atom. The van der Waals surface area contributed by atoms with Crippen molar-refractivity contribution in [1.82, 2.24) is 0 Å². The number of thiophene rings is 1. The van der Waals surface area contributed by atoms with Crippen molar-refractivity contribution in [3.8, 4) is 17.6 Å². The first-order valence-electron chi connectivity index (χ1n) is 11.9. The first kappa shape index (κ1) is 22.4. The Hall–Kier alpha value is -3.77. The van der Waals surface area contributed by atoms with E-state index in [1.54, 1.807) is 11.3 Å². The molecule has 6 nitrogen and oxygen atoms in total. The minimum Gasteiger partial charge on any atom is -0.445 e. The third-order valence-electron chi connectivity index (χ3n) is 6.84. The van der Waals surface area contributed by atoms with Crippen LogP contribution in [0.15, 0.2) is 70.0 Å². The monoisotopic (exact) mass is 527 g/mol. The second-order valence-corrected chi connectivity index (χ2v) is 11.8. The highest BCUT2D eigenvalue weighted by atomic mass is 32.2. The molecule has 37 heavy (non-hydrogen) atoms. The van der Waals surface area contributed by atoms with E-state index >= 15 is 0 Å². The Kier molecular flexibility index (Phi) is 5.08. The molecule has 2 atom stereocenters. The normalized spacial score (nSPS) is 18.9. The molecule has 4 heterocycles. The third-order valence-corrected chi connectivity index (χ3v) is 9.82. The highest BCUT2D eigenvalue weighted by Crippen LogP contribution is 2.69. The second-order valence-electron chi connectivity index (χ2n) is 9.22. The number of ether oxygens (including phenoxy) is 1. The van der Waals surface area contributed by atoms with Crippen molar-refractivity contribution < 1.29 is 23.2 Å². The number of nitrogens with one attached hydrogen (secondary N) is 1. The van der Waals surface area contributed by atoms with Gasteiger partial charge in [0.1, 0.15) is 22.4 Å². The molecule has 2 aromatic heterocycles. The molecule has 2 N–H and O–H groups in total. The predicted octanol–water partition coefficient (Wildman–Crippen LogP) is 7.60. The van der Waals surface area contributed by atoms with Crippen LogP contribution in [0.25, 0.3) is 17.0 Å². The van der Waals surface area contributed by atoms with Crippen molar-refractivity contribution in [2.45, 2.75) is 25.9 Å². The lowest BCUT2D eigenvalue weighted by atomic mass is 10.1. The fourth-order valence-corrected chi connectivity index (χ4v) is 7.77. The largest absolute Gasteiger partial charge is 0.445 e. The Morgan fingerprint density at radius 1 is 1.16 bits per heavy atom. The summed E-state index contributed by atoms with van der Waals surface area (Å²) in [5.41, 5.74) is 1.89. The molecule has 3 aliphatic rings. The van der Waals surface area contributed by atoms with Gasteiger partial charge in [-0.1, -0.05) is 42.5 Å². The van der Waals surface area contributed by atoms with E-state index in [4.69, 9.17) is 13.3 Å². The molecule has 1 spiro atoms. The summed E-state index contributed by atoms with van der Waals surface area (Å²) in [5.74, 6) is 7.34. The summed E-state index contributed by atoms with van der Waals surface area (Å²) in [6.07, 6.45) is 3.16. The lowest BCUT2D eigenvalue weighted by molar-refractivity contribution is 0.121. The number of hydrogen-bond donors (Lipinski definition) is 2. The zero-order valence-corrected chi connectivity index (χ0v) is 21.4. The van der Waals surface area contributed by atoms with E-state index in [0.29, 0.717) is 22.1 Å². The molecule has 1 saturated carbocycles. The molecule has 2 aliphatic heterocycles. The number of benzene rings is 2. The standard InChI is InChI=1S/C29H21NO5S2/c1-17(18-7-3-2-4-8-18)33-28(32)30-26-20-9-5-6-10-21(20)34-22(26)12-11-19-15-23-24(36-19)16-25-29(13-14-29)27(31)37(25)35-23/h2-10,15-17,31H,13-14H2,1H3,(H,30,32). The van der Waals surface area contributed by atoms with E-state index in [2.05, 4.69) is 23.2 Å². The van der Waals surface area contributed by atoms with Crippen LogP contribution in [0, 0.1) is 17.3 Å². The maximum absolute atomic E-state index is 12.8. The second kappa shape index (κ2) is 8.38. The van der Waals surface area contributed by atoms with Gasteiger partial charge in [-0.2, -0.15) is 0 Å². The molecule has 4 aromatic rings. The first-order valence-corrected chi connectivity index (χ1v) is 13.9. The molecule has 7 rings (SSSR count). The maximum Gasteiger partial charge on any atom is 0.412 e. The van der Waals surface area contributed by atoms with Crippen molar-refractivity contribution in [2.75, 3.05) is 5.32 Å². The van der Waals surface area contributed by atoms with Crippen molar-refractivity contribution >= 4 is 56.0 Å². The summed E-state index contributed by atoms with van der Waals surface area (Å²) in [4.78, 5) is 15.8. The zero-order chi connectivity index (χ0) is 25.1. The zero-order valence-electron chi connectivity index (χ0n) is 19.7. The summed E-state index contributed by atoms with van der Waals surface area (Å²) < 4.78 is 17.7. The molecule has 1 aliphatic carbocycles. The van der Waals surface area contributed by atoms with Gasteiger partial charge in [0.25, 0.3) is 0 Å². The van der Waals surface area contributed by atoms with Crippen molar-refractivity contribution in [3.05, 3.63) is 86.6 Å². The number of aliphatic hydroxyl groups is 1. The molecule has 1 amide bonds. The number of para-hydroxylation sites is 1. The molecule has 2 unspecified atom stereocenters. The fourth-order valence-electron chi connectivity index (χ4n) is 4.66. The van der Waals surface area contributed by atoms with E-state index in [0.717, 1.165) is 39.3 Å². The summed E-state index contributed by atoms with van der Waals surface area (Å²) >= 11 is 1.54. The highest BCUT2D eigenvalue weighted by molar-refractivity contribution is 8.17. The van der Waals surface area contributed by atoms with Gasteiger partial charge < -0.3 is 18.4 Å². The quantitative estimate of drug-likeness (QED) is 0.212. The van der Waals surface area contributed by atoms with E-state index in [-0.39, 0.29) is 5.41 Å². The minimum atomic E-state index is -0.622. The number of furan rings is 1. The smallest absolute Gasteiger partial charge is 0.412 e.